The summed E-state index contributed by atoms with van der Waals surface area (Å²) in [5.41, 5.74) is 5.99. The molecule has 4 rings (SSSR count). The molecule has 4 aromatic carbocycles. The highest BCUT2D eigenvalue weighted by atomic mass is 19.1. The van der Waals surface area contributed by atoms with Crippen LogP contribution in [0.25, 0.3) is 21.9 Å². The Morgan fingerprint density at radius 1 is 0.788 bits per heavy atom. The summed E-state index contributed by atoms with van der Waals surface area (Å²) in [6.07, 6.45) is 7.33. The van der Waals surface area contributed by atoms with E-state index in [9.17, 15) is 0 Å². The van der Waals surface area contributed by atoms with Crippen LogP contribution in [0.1, 0.15) is 48.4 Å². The minimum atomic E-state index is -0.177. The van der Waals surface area contributed by atoms with Crippen molar-refractivity contribution in [1.82, 2.24) is 0 Å². The van der Waals surface area contributed by atoms with Gasteiger partial charge >= 0.3 is 0 Å². The van der Waals surface area contributed by atoms with Crippen molar-refractivity contribution in [2.75, 3.05) is 0 Å². The summed E-state index contributed by atoms with van der Waals surface area (Å²) < 4.78 is 15.3. The first-order valence-electron chi connectivity index (χ1n) is 11.7. The molecule has 0 aliphatic heterocycles. The maximum absolute atomic E-state index is 15.3. The van der Waals surface area contributed by atoms with Gasteiger partial charge in [0.25, 0.3) is 0 Å². The zero-order chi connectivity index (χ0) is 23.0. The molecule has 0 aliphatic carbocycles. The molecular weight excluding hydrogens is 403 g/mol. The summed E-state index contributed by atoms with van der Waals surface area (Å²) in [7, 11) is 0. The van der Waals surface area contributed by atoms with E-state index in [4.69, 9.17) is 0 Å². The molecule has 0 saturated carbocycles. The first-order chi connectivity index (χ1) is 16.2. The van der Waals surface area contributed by atoms with Crippen LogP contribution < -0.4 is 0 Å². The van der Waals surface area contributed by atoms with E-state index in [2.05, 4.69) is 49.6 Å². The summed E-state index contributed by atoms with van der Waals surface area (Å²) in [6, 6.07) is 26.1. The number of aryl methyl sites for hydroxylation is 2. The van der Waals surface area contributed by atoms with Crippen LogP contribution in [-0.2, 0) is 12.8 Å². The van der Waals surface area contributed by atoms with Gasteiger partial charge in [0.15, 0.2) is 0 Å². The van der Waals surface area contributed by atoms with E-state index in [-0.39, 0.29) is 5.82 Å². The van der Waals surface area contributed by atoms with Gasteiger partial charge in [0.05, 0.1) is 0 Å². The van der Waals surface area contributed by atoms with Gasteiger partial charge in [-0.25, -0.2) is 4.39 Å². The van der Waals surface area contributed by atoms with Gasteiger partial charge in [0, 0.05) is 22.1 Å². The lowest BCUT2D eigenvalue weighted by Crippen LogP contribution is -1.89. The zero-order valence-electron chi connectivity index (χ0n) is 19.2. The third-order valence-electron chi connectivity index (χ3n) is 5.98. The van der Waals surface area contributed by atoms with Gasteiger partial charge in [-0.3, -0.25) is 0 Å². The lowest BCUT2D eigenvalue weighted by Gasteiger charge is -2.09. The van der Waals surface area contributed by atoms with Gasteiger partial charge in [-0.15, -0.1) is 6.58 Å². The van der Waals surface area contributed by atoms with Crippen LogP contribution in [0.5, 0.6) is 0 Å². The van der Waals surface area contributed by atoms with Crippen molar-refractivity contribution in [2.24, 2.45) is 0 Å². The lowest BCUT2D eigenvalue weighted by atomic mass is 9.97. The number of hydrogen-bond donors (Lipinski definition) is 0. The summed E-state index contributed by atoms with van der Waals surface area (Å²) in [5, 5.41) is 1.49. The fourth-order valence-corrected chi connectivity index (χ4v) is 3.99. The van der Waals surface area contributed by atoms with Crippen molar-refractivity contribution < 1.29 is 4.39 Å². The molecule has 1 heteroatoms. The van der Waals surface area contributed by atoms with Crippen LogP contribution >= 0.6 is 0 Å². The Kier molecular flexibility index (Phi) is 7.38. The van der Waals surface area contributed by atoms with E-state index in [0.29, 0.717) is 10.9 Å². The van der Waals surface area contributed by atoms with Crippen LogP contribution in [0.3, 0.4) is 0 Å². The maximum Gasteiger partial charge on any atom is 0.138 e. The van der Waals surface area contributed by atoms with Gasteiger partial charge in [-0.2, -0.15) is 0 Å². The van der Waals surface area contributed by atoms with E-state index >= 15 is 4.39 Å². The van der Waals surface area contributed by atoms with Crippen LogP contribution in [0, 0.1) is 17.7 Å². The highest BCUT2D eigenvalue weighted by molar-refractivity contribution is 5.89. The first kappa shape index (κ1) is 22.6. The molecule has 0 radical (unpaired) electrons. The van der Waals surface area contributed by atoms with Gasteiger partial charge in [0.2, 0.25) is 0 Å². The van der Waals surface area contributed by atoms with E-state index in [1.54, 1.807) is 0 Å². The molecule has 0 bridgehead atoms. The van der Waals surface area contributed by atoms with Crippen molar-refractivity contribution in [3.05, 3.63) is 120 Å². The van der Waals surface area contributed by atoms with Crippen molar-refractivity contribution >= 4 is 10.8 Å². The minimum absolute atomic E-state index is 0.177. The number of unbranched alkanes of at least 4 members (excludes halogenated alkanes) is 1. The van der Waals surface area contributed by atoms with Crippen LogP contribution in [-0.4, -0.2) is 0 Å². The third-order valence-corrected chi connectivity index (χ3v) is 5.98. The van der Waals surface area contributed by atoms with E-state index in [1.165, 1.54) is 24.0 Å². The Balaban J connectivity index is 1.55. The van der Waals surface area contributed by atoms with Gasteiger partial charge in [-0.1, -0.05) is 85.9 Å². The van der Waals surface area contributed by atoms with Crippen LogP contribution in [0.2, 0.25) is 0 Å². The molecule has 4 aromatic rings. The number of allylic oxidation sites excluding steroid dienone is 1. The van der Waals surface area contributed by atoms with Gasteiger partial charge < -0.3 is 0 Å². The number of halogens is 1. The number of rotatable bonds is 7. The fourth-order valence-electron chi connectivity index (χ4n) is 3.99. The molecule has 0 fully saturated rings. The van der Waals surface area contributed by atoms with E-state index < -0.39 is 0 Å². The molecular formula is C32H29F. The SMILES string of the molecule is C=CCCc1ccc(C#Cc2ccc3c(F)c(-c4ccc(CCCC)cc4)ccc3c2)cc1. The Labute approximate surface area is 196 Å². The molecule has 0 nitrogen and oxygen atoms in total. The summed E-state index contributed by atoms with van der Waals surface area (Å²) in [4.78, 5) is 0. The Bertz CT molecular complexity index is 1300. The van der Waals surface area contributed by atoms with Gasteiger partial charge in [-0.05, 0) is 72.0 Å². The highest BCUT2D eigenvalue weighted by Crippen LogP contribution is 2.30. The minimum Gasteiger partial charge on any atom is -0.206 e. The molecule has 0 heterocycles. The Morgan fingerprint density at radius 2 is 1.45 bits per heavy atom. The molecule has 0 saturated heterocycles. The number of fused-ring (bicyclic) bond motifs is 1. The Hall–Kier alpha value is -3.63. The second-order valence-electron chi connectivity index (χ2n) is 8.44. The molecule has 33 heavy (non-hydrogen) atoms. The summed E-state index contributed by atoms with van der Waals surface area (Å²) in [6.45, 7) is 5.96. The molecule has 0 N–H and O–H groups in total. The topological polar surface area (TPSA) is 0 Å². The largest absolute Gasteiger partial charge is 0.206 e. The van der Waals surface area contributed by atoms with Crippen molar-refractivity contribution in [3.8, 4) is 23.0 Å². The standard InChI is InChI=1S/C32H29F/c1-3-5-7-24-9-11-26(12-10-24)13-14-27-17-21-31-29(23-27)20-22-30(32(31)33)28-18-15-25(16-19-28)8-6-4-2/h3,9-12,15-23H,1,4-8H2,2H3. The average molecular weight is 433 g/mol. The number of benzene rings is 4. The predicted molar refractivity (Wildman–Crippen MR) is 139 cm³/mol. The highest BCUT2D eigenvalue weighted by Gasteiger charge is 2.10. The maximum atomic E-state index is 15.3. The molecule has 0 aromatic heterocycles. The second kappa shape index (κ2) is 10.8. The second-order valence-corrected chi connectivity index (χ2v) is 8.44. The summed E-state index contributed by atoms with van der Waals surface area (Å²) in [5.74, 6) is 6.26. The van der Waals surface area contributed by atoms with Crippen molar-refractivity contribution in [3.63, 3.8) is 0 Å². The monoisotopic (exact) mass is 432 g/mol. The van der Waals surface area contributed by atoms with Crippen molar-refractivity contribution in [1.29, 1.82) is 0 Å². The molecule has 0 spiro atoms. The zero-order valence-corrected chi connectivity index (χ0v) is 19.2. The third kappa shape index (κ3) is 5.60. The fraction of sp³-hybridized carbons (Fsp3) is 0.188. The van der Waals surface area contributed by atoms with Gasteiger partial charge in [0.1, 0.15) is 5.82 Å². The normalized spacial score (nSPS) is 10.6. The van der Waals surface area contributed by atoms with Crippen LogP contribution in [0.15, 0.2) is 91.5 Å². The first-order valence-corrected chi connectivity index (χ1v) is 11.7. The van der Waals surface area contributed by atoms with Crippen molar-refractivity contribution in [2.45, 2.75) is 39.0 Å². The number of hydrogen-bond acceptors (Lipinski definition) is 0. The molecule has 0 unspecified atom stereocenters. The average Bonchev–Trinajstić information content (AvgIpc) is 2.86. The smallest absolute Gasteiger partial charge is 0.138 e. The molecule has 164 valence electrons. The Morgan fingerprint density at radius 3 is 2.18 bits per heavy atom. The summed E-state index contributed by atoms with van der Waals surface area (Å²) >= 11 is 0. The van der Waals surface area contributed by atoms with Crippen LogP contribution in [0.4, 0.5) is 4.39 Å². The predicted octanol–water partition coefficient (Wildman–Crippen LogP) is 8.51. The molecule has 0 amide bonds. The molecule has 0 atom stereocenters. The van der Waals surface area contributed by atoms with E-state index in [1.807, 2.05) is 60.7 Å². The van der Waals surface area contributed by atoms with E-state index in [0.717, 1.165) is 41.3 Å². The quantitative estimate of drug-likeness (QED) is 0.203. The molecule has 0 aliphatic rings. The lowest BCUT2D eigenvalue weighted by molar-refractivity contribution is 0.643.